The van der Waals surface area contributed by atoms with Gasteiger partial charge in [0, 0.05) is 11.4 Å². The van der Waals surface area contributed by atoms with Crippen LogP contribution in [0.3, 0.4) is 0 Å². The van der Waals surface area contributed by atoms with E-state index in [0.717, 1.165) is 16.0 Å². The van der Waals surface area contributed by atoms with Crippen LogP contribution in [0.4, 0.5) is 16.4 Å². The van der Waals surface area contributed by atoms with Crippen molar-refractivity contribution >= 4 is 48.7 Å². The lowest BCUT2D eigenvalue weighted by atomic mass is 10.3. The molecule has 0 aliphatic carbocycles. The first-order chi connectivity index (χ1) is 7.16. The van der Waals surface area contributed by atoms with Crippen LogP contribution in [0.1, 0.15) is 0 Å². The Labute approximate surface area is 98.5 Å². The fraction of sp³-hybridized carbons (Fsp3) is 0. The van der Waals surface area contributed by atoms with E-state index >= 15 is 0 Å². The highest BCUT2D eigenvalue weighted by molar-refractivity contribution is 7.70. The zero-order chi connectivity index (χ0) is 10.8. The fourth-order valence-corrected chi connectivity index (χ4v) is 3.40. The zero-order valence-corrected chi connectivity index (χ0v) is 9.88. The highest BCUT2D eigenvalue weighted by Crippen LogP contribution is 2.30. The summed E-state index contributed by atoms with van der Waals surface area (Å²) in [5, 5.41) is 3.99. The number of nitrogens with one attached hydrogen (secondary N) is 1. The molecule has 1 aromatic heterocycles. The van der Waals surface area contributed by atoms with E-state index in [1.807, 2.05) is 12.1 Å². The van der Waals surface area contributed by atoms with Crippen LogP contribution in [0.5, 0.6) is 0 Å². The average molecular weight is 259 g/mol. The monoisotopic (exact) mass is 258 g/mol. The minimum absolute atomic E-state index is 0.111. The van der Waals surface area contributed by atoms with Crippen molar-refractivity contribution in [2.45, 2.75) is 0 Å². The number of rotatable bonds is 2. The molecule has 0 atom stereocenters. The minimum Gasteiger partial charge on any atom is -0.399 e. The van der Waals surface area contributed by atoms with Crippen LogP contribution in [0, 0.1) is 0 Å². The number of halogens is 1. The number of hydrogen-bond acceptors (Lipinski definition) is 5. The third-order valence-corrected chi connectivity index (χ3v) is 4.45. The van der Waals surface area contributed by atoms with E-state index < -0.39 is 0 Å². The topological polar surface area (TPSA) is 55.1 Å². The van der Waals surface area contributed by atoms with E-state index in [0.29, 0.717) is 10.7 Å². The maximum absolute atomic E-state index is 11.1. The molecule has 3 nitrogen and oxygen atoms in total. The van der Waals surface area contributed by atoms with Gasteiger partial charge in [0.2, 0.25) is 0 Å². The van der Waals surface area contributed by atoms with Crippen LogP contribution in [0.2, 0.25) is 5.02 Å². The Morgan fingerprint density at radius 3 is 2.40 bits per heavy atom. The second kappa shape index (κ2) is 4.22. The molecule has 2 aromatic rings. The summed E-state index contributed by atoms with van der Waals surface area (Å²) in [4.78, 5) is 11.1. The molecule has 78 valence electrons. The van der Waals surface area contributed by atoms with E-state index in [4.69, 9.17) is 17.3 Å². The van der Waals surface area contributed by atoms with Crippen molar-refractivity contribution in [1.82, 2.24) is 0 Å². The third kappa shape index (κ3) is 2.31. The Kier molecular flexibility index (Phi) is 2.95. The smallest absolute Gasteiger partial charge is 0.263 e. The van der Waals surface area contributed by atoms with Gasteiger partial charge in [0.25, 0.3) is 4.74 Å². The maximum atomic E-state index is 11.1. The number of benzene rings is 1. The van der Waals surface area contributed by atoms with Gasteiger partial charge in [0.1, 0.15) is 10.0 Å². The lowest BCUT2D eigenvalue weighted by Gasteiger charge is -2.03. The molecule has 0 saturated heterocycles. The molecule has 1 heterocycles. The summed E-state index contributed by atoms with van der Waals surface area (Å²) < 4.78 is -0.111. The van der Waals surface area contributed by atoms with Crippen molar-refractivity contribution in [3.63, 3.8) is 0 Å². The van der Waals surface area contributed by atoms with Gasteiger partial charge >= 0.3 is 0 Å². The first-order valence-corrected chi connectivity index (χ1v) is 6.61. The fourth-order valence-electron chi connectivity index (χ4n) is 1.02. The average Bonchev–Trinajstić information content (AvgIpc) is 2.53. The van der Waals surface area contributed by atoms with Crippen LogP contribution in [-0.2, 0) is 0 Å². The molecule has 0 fully saturated rings. The molecule has 2 rings (SSSR count). The SMILES string of the molecule is Nc1ccc(Nc2ssc(=O)c2Cl)cc1. The van der Waals surface area contributed by atoms with Gasteiger partial charge in [0.15, 0.2) is 0 Å². The summed E-state index contributed by atoms with van der Waals surface area (Å²) in [5.41, 5.74) is 7.12. The predicted molar refractivity (Wildman–Crippen MR) is 67.6 cm³/mol. The molecule has 0 aliphatic heterocycles. The van der Waals surface area contributed by atoms with Crippen molar-refractivity contribution in [3.8, 4) is 0 Å². The molecule has 0 saturated carbocycles. The van der Waals surface area contributed by atoms with Gasteiger partial charge in [-0.05, 0) is 34.6 Å². The van der Waals surface area contributed by atoms with Crippen molar-refractivity contribution in [1.29, 1.82) is 0 Å². The highest BCUT2D eigenvalue weighted by atomic mass is 35.5. The van der Waals surface area contributed by atoms with Gasteiger partial charge in [-0.1, -0.05) is 21.9 Å². The molecule has 0 amide bonds. The Bertz CT molecular complexity index is 518. The van der Waals surface area contributed by atoms with Crippen LogP contribution in [-0.4, -0.2) is 0 Å². The second-order valence-electron chi connectivity index (χ2n) is 2.84. The molecule has 1 aromatic carbocycles. The number of nitrogen functional groups attached to an aromatic ring is 1. The van der Waals surface area contributed by atoms with E-state index in [9.17, 15) is 4.79 Å². The largest absolute Gasteiger partial charge is 0.399 e. The Morgan fingerprint density at radius 1 is 1.20 bits per heavy atom. The van der Waals surface area contributed by atoms with Crippen molar-refractivity contribution in [2.75, 3.05) is 11.1 Å². The Hall–Kier alpha value is -1.04. The summed E-state index contributed by atoms with van der Waals surface area (Å²) in [7, 11) is 2.45. The summed E-state index contributed by atoms with van der Waals surface area (Å²) in [6.45, 7) is 0. The van der Waals surface area contributed by atoms with E-state index in [2.05, 4.69) is 5.32 Å². The van der Waals surface area contributed by atoms with Gasteiger partial charge in [-0.2, -0.15) is 0 Å². The normalized spacial score (nSPS) is 10.2. The summed E-state index contributed by atoms with van der Waals surface area (Å²) in [6.07, 6.45) is 0. The maximum Gasteiger partial charge on any atom is 0.263 e. The molecule has 0 bridgehead atoms. The van der Waals surface area contributed by atoms with Crippen LogP contribution < -0.4 is 15.8 Å². The van der Waals surface area contributed by atoms with Crippen LogP contribution >= 0.6 is 32.3 Å². The standard InChI is InChI=1S/C9H7ClN2OS2/c10-7-8(14-15-9(7)13)12-6-3-1-5(11)2-4-6/h1-4,12H,11H2. The first-order valence-electron chi connectivity index (χ1n) is 4.08. The van der Waals surface area contributed by atoms with Gasteiger partial charge < -0.3 is 11.1 Å². The van der Waals surface area contributed by atoms with Crippen molar-refractivity contribution in [2.24, 2.45) is 0 Å². The summed E-state index contributed by atoms with van der Waals surface area (Å²) in [5.74, 6) is 0. The quantitative estimate of drug-likeness (QED) is 0.643. The summed E-state index contributed by atoms with van der Waals surface area (Å²) in [6, 6.07) is 7.23. The molecule has 0 aliphatic rings. The Morgan fingerprint density at radius 2 is 1.87 bits per heavy atom. The second-order valence-corrected chi connectivity index (χ2v) is 5.33. The number of anilines is 3. The van der Waals surface area contributed by atoms with Crippen molar-refractivity contribution in [3.05, 3.63) is 38.8 Å². The third-order valence-electron chi connectivity index (χ3n) is 1.75. The number of hydrogen-bond donors (Lipinski definition) is 2. The van der Waals surface area contributed by atoms with Gasteiger partial charge in [-0.15, -0.1) is 0 Å². The molecule has 15 heavy (non-hydrogen) atoms. The predicted octanol–water partition coefficient (Wildman–Crippen LogP) is 3.15. The molecule has 0 spiro atoms. The van der Waals surface area contributed by atoms with E-state index in [-0.39, 0.29) is 9.77 Å². The summed E-state index contributed by atoms with van der Waals surface area (Å²) >= 11 is 5.81. The molecule has 3 N–H and O–H groups in total. The molecular formula is C9H7ClN2OS2. The van der Waals surface area contributed by atoms with Crippen molar-refractivity contribution < 1.29 is 0 Å². The van der Waals surface area contributed by atoms with Gasteiger partial charge in [0.05, 0.1) is 0 Å². The van der Waals surface area contributed by atoms with E-state index in [1.54, 1.807) is 12.1 Å². The molecule has 0 unspecified atom stereocenters. The van der Waals surface area contributed by atoms with Crippen LogP contribution in [0.25, 0.3) is 0 Å². The van der Waals surface area contributed by atoms with Crippen LogP contribution in [0.15, 0.2) is 29.1 Å². The lowest BCUT2D eigenvalue weighted by molar-refractivity contribution is 1.60. The Balaban J connectivity index is 2.26. The number of nitrogens with two attached hydrogens (primary N) is 1. The van der Waals surface area contributed by atoms with Gasteiger partial charge in [-0.25, -0.2) is 0 Å². The minimum atomic E-state index is -0.111. The molecule has 0 radical (unpaired) electrons. The van der Waals surface area contributed by atoms with E-state index in [1.165, 1.54) is 10.3 Å². The molecular weight excluding hydrogens is 252 g/mol. The molecule has 6 heteroatoms. The lowest BCUT2D eigenvalue weighted by Crippen LogP contribution is -1.93. The highest BCUT2D eigenvalue weighted by Gasteiger charge is 2.07. The zero-order valence-electron chi connectivity index (χ0n) is 7.49. The first kappa shape index (κ1) is 10.5. The van der Waals surface area contributed by atoms with Gasteiger partial charge in [-0.3, -0.25) is 4.79 Å².